The molecule has 6 nitrogen and oxygen atoms in total. The summed E-state index contributed by atoms with van der Waals surface area (Å²) in [7, 11) is 0. The fourth-order valence-electron chi connectivity index (χ4n) is 3.08. The minimum Gasteiger partial charge on any atom is -0.409 e. The van der Waals surface area contributed by atoms with E-state index in [-0.39, 0.29) is 5.92 Å². The zero-order valence-corrected chi connectivity index (χ0v) is 13.1. The zero-order valence-electron chi connectivity index (χ0n) is 13.1. The van der Waals surface area contributed by atoms with Gasteiger partial charge < -0.3 is 10.9 Å². The van der Waals surface area contributed by atoms with E-state index in [0.29, 0.717) is 11.9 Å². The Morgan fingerprint density at radius 3 is 2.95 bits per heavy atom. The summed E-state index contributed by atoms with van der Waals surface area (Å²) >= 11 is 0. The van der Waals surface area contributed by atoms with Crippen LogP contribution in [-0.2, 0) is 6.54 Å². The Balaban J connectivity index is 1.95. The van der Waals surface area contributed by atoms with Crippen molar-refractivity contribution in [2.75, 3.05) is 13.1 Å². The van der Waals surface area contributed by atoms with Crippen molar-refractivity contribution in [3.63, 3.8) is 0 Å². The van der Waals surface area contributed by atoms with Gasteiger partial charge in [-0.25, -0.2) is 0 Å². The van der Waals surface area contributed by atoms with Crippen LogP contribution in [0.1, 0.15) is 51.3 Å². The number of rotatable bonds is 6. The largest absolute Gasteiger partial charge is 0.409 e. The highest BCUT2D eigenvalue weighted by Crippen LogP contribution is 2.19. The number of nitrogens with zero attached hydrogens (tertiary/aromatic N) is 4. The highest BCUT2D eigenvalue weighted by Gasteiger charge is 2.23. The molecule has 0 spiro atoms. The van der Waals surface area contributed by atoms with Crippen LogP contribution in [0.2, 0.25) is 0 Å². The van der Waals surface area contributed by atoms with Crippen LogP contribution in [-0.4, -0.2) is 38.8 Å². The zero-order chi connectivity index (χ0) is 15.2. The van der Waals surface area contributed by atoms with Crippen molar-refractivity contribution >= 4 is 5.84 Å². The van der Waals surface area contributed by atoms with Gasteiger partial charge in [0.2, 0.25) is 0 Å². The van der Waals surface area contributed by atoms with E-state index >= 15 is 0 Å². The summed E-state index contributed by atoms with van der Waals surface area (Å²) in [6, 6.07) is 2.59. The van der Waals surface area contributed by atoms with Gasteiger partial charge in [-0.2, -0.15) is 5.10 Å². The number of hydrogen-bond acceptors (Lipinski definition) is 4. The molecule has 0 aliphatic carbocycles. The first-order chi connectivity index (χ1) is 10.2. The third kappa shape index (κ3) is 3.97. The molecule has 1 saturated heterocycles. The number of nitrogens with two attached hydrogens (primary N) is 1. The average Bonchev–Trinajstić information content (AvgIpc) is 2.96. The molecule has 0 amide bonds. The van der Waals surface area contributed by atoms with Gasteiger partial charge in [-0.3, -0.25) is 9.58 Å². The maximum Gasteiger partial charge on any atom is 0.143 e. The number of piperidine rings is 1. The third-order valence-corrected chi connectivity index (χ3v) is 4.41. The second-order valence-electron chi connectivity index (χ2n) is 5.86. The molecular formula is C15H27N5O. The maximum atomic E-state index is 8.81. The molecule has 0 aromatic carbocycles. The predicted molar refractivity (Wildman–Crippen MR) is 83.3 cm³/mol. The molecule has 1 aliphatic rings. The lowest BCUT2D eigenvalue weighted by molar-refractivity contribution is 0.190. The predicted octanol–water partition coefficient (Wildman–Crippen LogP) is 2.20. The Morgan fingerprint density at radius 1 is 1.52 bits per heavy atom. The lowest BCUT2D eigenvalue weighted by Gasteiger charge is -2.31. The molecule has 21 heavy (non-hydrogen) atoms. The van der Waals surface area contributed by atoms with Gasteiger partial charge in [0.25, 0.3) is 0 Å². The van der Waals surface area contributed by atoms with Gasteiger partial charge in [0.1, 0.15) is 5.84 Å². The van der Waals surface area contributed by atoms with Gasteiger partial charge in [0, 0.05) is 25.2 Å². The van der Waals surface area contributed by atoms with Crippen LogP contribution in [0.4, 0.5) is 0 Å². The van der Waals surface area contributed by atoms with Gasteiger partial charge in [0.05, 0.1) is 11.7 Å². The number of likely N-dealkylation sites (tertiary alicyclic amines) is 1. The molecule has 1 aromatic heterocycles. The third-order valence-electron chi connectivity index (χ3n) is 4.41. The Hall–Kier alpha value is -1.56. The van der Waals surface area contributed by atoms with Crippen molar-refractivity contribution in [2.24, 2.45) is 16.8 Å². The maximum absolute atomic E-state index is 8.81. The molecule has 0 radical (unpaired) electrons. The molecular weight excluding hydrogens is 266 g/mol. The van der Waals surface area contributed by atoms with Crippen LogP contribution < -0.4 is 5.73 Å². The molecule has 1 aliphatic heterocycles. The van der Waals surface area contributed by atoms with Crippen molar-refractivity contribution < 1.29 is 5.21 Å². The van der Waals surface area contributed by atoms with E-state index in [4.69, 9.17) is 16.0 Å². The SMILES string of the molecule is CCC(CC)n1ccc(CN2CCCC(C(N)=NO)C2)n1. The van der Waals surface area contributed by atoms with Crippen molar-refractivity contribution in [2.45, 2.75) is 52.1 Å². The van der Waals surface area contributed by atoms with Gasteiger partial charge in [-0.1, -0.05) is 19.0 Å². The van der Waals surface area contributed by atoms with Gasteiger partial charge >= 0.3 is 0 Å². The van der Waals surface area contributed by atoms with Crippen molar-refractivity contribution in [1.82, 2.24) is 14.7 Å². The molecule has 2 rings (SSSR count). The topological polar surface area (TPSA) is 79.7 Å². The lowest BCUT2D eigenvalue weighted by Crippen LogP contribution is -2.40. The summed E-state index contributed by atoms with van der Waals surface area (Å²) < 4.78 is 2.08. The smallest absolute Gasteiger partial charge is 0.143 e. The minimum absolute atomic E-state index is 0.157. The Morgan fingerprint density at radius 2 is 2.29 bits per heavy atom. The van der Waals surface area contributed by atoms with E-state index in [2.05, 4.69) is 40.8 Å². The van der Waals surface area contributed by atoms with Crippen LogP contribution >= 0.6 is 0 Å². The molecule has 1 atom stereocenters. The van der Waals surface area contributed by atoms with Gasteiger partial charge in [-0.15, -0.1) is 0 Å². The lowest BCUT2D eigenvalue weighted by atomic mass is 9.97. The first-order valence-electron chi connectivity index (χ1n) is 7.91. The quantitative estimate of drug-likeness (QED) is 0.365. The number of aromatic nitrogens is 2. The monoisotopic (exact) mass is 293 g/mol. The Bertz CT molecular complexity index is 466. The molecule has 1 unspecified atom stereocenters. The summed E-state index contributed by atoms with van der Waals surface area (Å²) in [5, 5.41) is 16.7. The van der Waals surface area contributed by atoms with Crippen molar-refractivity contribution in [1.29, 1.82) is 0 Å². The number of hydrogen-bond donors (Lipinski definition) is 2. The standard InChI is InChI=1S/C15H27N5O/c1-3-14(4-2)20-9-7-13(17-20)11-19-8-5-6-12(10-19)15(16)18-21/h7,9,12,14,21H,3-6,8,10-11H2,1-2H3,(H2,16,18). The minimum atomic E-state index is 0.157. The Labute approximate surface area is 126 Å². The molecule has 0 bridgehead atoms. The van der Waals surface area contributed by atoms with Crippen LogP contribution in [0.25, 0.3) is 0 Å². The van der Waals surface area contributed by atoms with E-state index in [1.807, 2.05) is 0 Å². The molecule has 1 aromatic rings. The summed E-state index contributed by atoms with van der Waals surface area (Å²) in [4.78, 5) is 2.34. The number of amidine groups is 1. The van der Waals surface area contributed by atoms with Crippen LogP contribution in [0.5, 0.6) is 0 Å². The molecule has 3 N–H and O–H groups in total. The summed E-state index contributed by atoms with van der Waals surface area (Å²) in [5.41, 5.74) is 6.84. The fraction of sp³-hybridized carbons (Fsp3) is 0.733. The second kappa shape index (κ2) is 7.45. The van der Waals surface area contributed by atoms with Crippen LogP contribution in [0, 0.1) is 5.92 Å². The van der Waals surface area contributed by atoms with E-state index in [1.165, 1.54) is 0 Å². The summed E-state index contributed by atoms with van der Waals surface area (Å²) in [5.74, 6) is 0.507. The van der Waals surface area contributed by atoms with Gasteiger partial charge in [0.15, 0.2) is 0 Å². The van der Waals surface area contributed by atoms with E-state index in [0.717, 1.165) is 51.0 Å². The highest BCUT2D eigenvalue weighted by molar-refractivity contribution is 5.82. The molecule has 2 heterocycles. The highest BCUT2D eigenvalue weighted by atomic mass is 16.4. The average molecular weight is 293 g/mol. The van der Waals surface area contributed by atoms with Crippen molar-refractivity contribution in [3.8, 4) is 0 Å². The molecule has 118 valence electrons. The fourth-order valence-corrected chi connectivity index (χ4v) is 3.08. The van der Waals surface area contributed by atoms with E-state index in [1.54, 1.807) is 0 Å². The number of oxime groups is 1. The van der Waals surface area contributed by atoms with E-state index in [9.17, 15) is 0 Å². The van der Waals surface area contributed by atoms with Crippen LogP contribution in [0.15, 0.2) is 17.4 Å². The normalized spacial score (nSPS) is 21.1. The second-order valence-corrected chi connectivity index (χ2v) is 5.86. The first-order valence-corrected chi connectivity index (χ1v) is 7.91. The molecule has 1 fully saturated rings. The summed E-state index contributed by atoms with van der Waals surface area (Å²) in [6.45, 7) is 7.12. The molecule has 0 saturated carbocycles. The first kappa shape index (κ1) is 15.8. The van der Waals surface area contributed by atoms with E-state index < -0.39 is 0 Å². The Kier molecular flexibility index (Phi) is 5.61. The van der Waals surface area contributed by atoms with Crippen LogP contribution in [0.3, 0.4) is 0 Å². The molecule has 6 heteroatoms. The summed E-state index contributed by atoms with van der Waals surface area (Å²) in [6.07, 6.45) is 6.36. The van der Waals surface area contributed by atoms with Gasteiger partial charge in [-0.05, 0) is 38.3 Å². The van der Waals surface area contributed by atoms with Crippen molar-refractivity contribution in [3.05, 3.63) is 18.0 Å².